The molecule has 1 aromatic rings. The lowest BCUT2D eigenvalue weighted by Gasteiger charge is -2.03. The second kappa shape index (κ2) is 20.1. The van der Waals surface area contributed by atoms with Gasteiger partial charge in [-0.15, -0.1) is 0 Å². The van der Waals surface area contributed by atoms with Gasteiger partial charge in [0.2, 0.25) is 0 Å². The third kappa shape index (κ3) is 15.4. The molecule has 0 saturated carbocycles. The van der Waals surface area contributed by atoms with Gasteiger partial charge in [0.25, 0.3) is 0 Å². The first-order chi connectivity index (χ1) is 13.8. The van der Waals surface area contributed by atoms with Gasteiger partial charge in [0, 0.05) is 12.5 Å². The number of rotatable bonds is 18. The second-order valence-corrected chi connectivity index (χ2v) is 7.81. The summed E-state index contributed by atoms with van der Waals surface area (Å²) in [6.07, 6.45) is 24.7. The van der Waals surface area contributed by atoms with Gasteiger partial charge < -0.3 is 21.7 Å². The summed E-state index contributed by atoms with van der Waals surface area (Å²) in [6.45, 7) is 7.06. The first-order valence-electron chi connectivity index (χ1n) is 11.5. The molecular weight excluding hydrogens is 426 g/mol. The summed E-state index contributed by atoms with van der Waals surface area (Å²) in [7, 11) is 0. The summed E-state index contributed by atoms with van der Waals surface area (Å²) in [6, 6.07) is 3.71. The van der Waals surface area contributed by atoms with Crippen molar-refractivity contribution in [2.75, 3.05) is 6.61 Å². The van der Waals surface area contributed by atoms with Gasteiger partial charge in [0.15, 0.2) is 12.4 Å². The number of carbonyl (C=O) groups is 1. The fraction of sp³-hybridized carbons (Fsp3) is 0.680. The van der Waals surface area contributed by atoms with Gasteiger partial charge in [-0.2, -0.15) is 0 Å². The zero-order valence-corrected chi connectivity index (χ0v) is 20.1. The Balaban J connectivity index is 0.00000784. The molecule has 0 fully saturated rings. The molecule has 166 valence electrons. The van der Waals surface area contributed by atoms with Crippen LogP contribution < -0.4 is 21.5 Å². The van der Waals surface area contributed by atoms with E-state index >= 15 is 0 Å². The maximum atomic E-state index is 11.9. The van der Waals surface area contributed by atoms with Crippen molar-refractivity contribution >= 4 is 5.97 Å². The van der Waals surface area contributed by atoms with Crippen LogP contribution in [0.15, 0.2) is 37.2 Å². The molecule has 0 saturated heterocycles. The smallest absolute Gasteiger partial charge is 0.344 e. The van der Waals surface area contributed by atoms with E-state index in [-0.39, 0.29) is 29.6 Å². The Morgan fingerprint density at radius 2 is 1.45 bits per heavy atom. The molecule has 0 unspecified atom stereocenters. The number of unbranched alkanes of at least 4 members (excludes halogenated alkanes) is 13. The summed E-state index contributed by atoms with van der Waals surface area (Å²) >= 11 is 0. The maximum absolute atomic E-state index is 11.9. The minimum Gasteiger partial charge on any atom is -1.00 e. The molecule has 1 rings (SSSR count). The predicted octanol–water partition coefficient (Wildman–Crippen LogP) is 3.80. The molecule has 3 nitrogen and oxygen atoms in total. The monoisotopic (exact) mass is 467 g/mol. The maximum Gasteiger partial charge on any atom is 0.344 e. The Kier molecular flexibility index (Phi) is 19.3. The second-order valence-electron chi connectivity index (χ2n) is 7.81. The molecule has 0 radical (unpaired) electrons. The Labute approximate surface area is 189 Å². The summed E-state index contributed by atoms with van der Waals surface area (Å²) in [5, 5.41) is 0. The quantitative estimate of drug-likeness (QED) is 0.142. The third-order valence-electron chi connectivity index (χ3n) is 5.20. The van der Waals surface area contributed by atoms with Crippen molar-refractivity contribution < 1.29 is 31.1 Å². The fourth-order valence-electron chi connectivity index (χ4n) is 3.49. The van der Waals surface area contributed by atoms with Crippen molar-refractivity contribution in [1.82, 2.24) is 0 Å². The normalized spacial score (nSPS) is 10.4. The third-order valence-corrected chi connectivity index (χ3v) is 5.20. The minimum atomic E-state index is -0.282. The summed E-state index contributed by atoms with van der Waals surface area (Å²) in [4.78, 5) is 11.9. The van der Waals surface area contributed by atoms with E-state index in [1.807, 2.05) is 18.5 Å². The summed E-state index contributed by atoms with van der Waals surface area (Å²) < 4.78 is 7.18. The number of ether oxygens (including phenoxy) is 1. The van der Waals surface area contributed by atoms with Crippen LogP contribution in [-0.4, -0.2) is 12.6 Å². The highest BCUT2D eigenvalue weighted by Crippen LogP contribution is 2.13. The van der Waals surface area contributed by atoms with E-state index in [0.29, 0.717) is 5.56 Å². The van der Waals surface area contributed by atoms with Crippen LogP contribution in [0.1, 0.15) is 107 Å². The summed E-state index contributed by atoms with van der Waals surface area (Å²) in [5.74, 6) is -0.282. The standard InChI is InChI=1S/C25H42NO2.BrH/c1-3-5-6-7-8-9-10-11-12-13-14-15-16-17-20-26-21-18-19-24(23-26)25(27)28-22-4-2;/h4,18-19,21,23H,2-3,5-17,20,22H2,1H3;1H/q+1;/p-1. The van der Waals surface area contributed by atoms with Crippen molar-refractivity contribution in [3.05, 3.63) is 42.7 Å². The number of carbonyl (C=O) groups excluding carboxylic acids is 1. The van der Waals surface area contributed by atoms with E-state index in [4.69, 9.17) is 4.74 Å². The first kappa shape index (κ1) is 27.8. The van der Waals surface area contributed by atoms with Crippen LogP contribution in [0, 0.1) is 0 Å². The van der Waals surface area contributed by atoms with E-state index in [9.17, 15) is 4.79 Å². The van der Waals surface area contributed by atoms with Crippen LogP contribution in [0.3, 0.4) is 0 Å². The van der Waals surface area contributed by atoms with Gasteiger partial charge in [-0.25, -0.2) is 9.36 Å². The van der Waals surface area contributed by atoms with E-state index in [1.54, 1.807) is 12.1 Å². The van der Waals surface area contributed by atoms with Gasteiger partial charge >= 0.3 is 5.97 Å². The molecule has 0 atom stereocenters. The molecule has 0 aliphatic rings. The van der Waals surface area contributed by atoms with Crippen molar-refractivity contribution in [1.29, 1.82) is 0 Å². The van der Waals surface area contributed by atoms with Crippen LogP contribution in [0.4, 0.5) is 0 Å². The average molecular weight is 469 g/mol. The number of esters is 1. The highest BCUT2D eigenvalue weighted by atomic mass is 79.9. The average Bonchev–Trinajstić information content (AvgIpc) is 2.72. The molecule has 1 heterocycles. The molecule has 0 aromatic carbocycles. The Hall–Kier alpha value is -1.16. The van der Waals surface area contributed by atoms with Crippen molar-refractivity contribution in [2.24, 2.45) is 0 Å². The zero-order valence-electron chi connectivity index (χ0n) is 18.5. The van der Waals surface area contributed by atoms with Gasteiger partial charge in [-0.1, -0.05) is 96.6 Å². The van der Waals surface area contributed by atoms with Crippen molar-refractivity contribution in [3.8, 4) is 0 Å². The van der Waals surface area contributed by atoms with Gasteiger partial charge in [-0.05, 0) is 12.5 Å². The SMILES string of the molecule is C=CCOC(=O)c1ccc[n+](CCCCCCCCCCCCCCCC)c1.[Br-]. The molecular formula is C25H42BrNO2. The number of aryl methyl sites for hydroxylation is 1. The Morgan fingerprint density at radius 3 is 1.97 bits per heavy atom. The molecule has 0 N–H and O–H groups in total. The largest absolute Gasteiger partial charge is 1.00 e. The van der Waals surface area contributed by atoms with Crippen molar-refractivity contribution in [2.45, 2.75) is 103 Å². The number of hydrogen-bond donors (Lipinski definition) is 0. The van der Waals surface area contributed by atoms with Crippen LogP contribution in [0.25, 0.3) is 0 Å². The lowest BCUT2D eigenvalue weighted by atomic mass is 10.0. The van der Waals surface area contributed by atoms with Crippen LogP contribution in [-0.2, 0) is 11.3 Å². The summed E-state index contributed by atoms with van der Waals surface area (Å²) in [5.41, 5.74) is 0.606. The van der Waals surface area contributed by atoms with Crippen molar-refractivity contribution in [3.63, 3.8) is 0 Å². The number of pyridine rings is 1. The van der Waals surface area contributed by atoms with Gasteiger partial charge in [-0.3, -0.25) is 0 Å². The lowest BCUT2D eigenvalue weighted by molar-refractivity contribution is -0.697. The molecule has 0 aliphatic heterocycles. The minimum absolute atomic E-state index is 0. The van der Waals surface area contributed by atoms with E-state index in [2.05, 4.69) is 18.1 Å². The predicted molar refractivity (Wildman–Crippen MR) is 117 cm³/mol. The molecule has 0 amide bonds. The molecule has 1 aromatic heterocycles. The van der Waals surface area contributed by atoms with E-state index in [0.717, 1.165) is 13.0 Å². The van der Waals surface area contributed by atoms with Crippen LogP contribution in [0.5, 0.6) is 0 Å². The fourth-order valence-corrected chi connectivity index (χ4v) is 3.49. The molecule has 4 heteroatoms. The van der Waals surface area contributed by atoms with Crippen LogP contribution in [0.2, 0.25) is 0 Å². The van der Waals surface area contributed by atoms with Gasteiger partial charge in [0.1, 0.15) is 18.7 Å². The highest BCUT2D eigenvalue weighted by molar-refractivity contribution is 5.88. The molecule has 29 heavy (non-hydrogen) atoms. The zero-order chi connectivity index (χ0) is 20.3. The Bertz CT molecular complexity index is 533. The van der Waals surface area contributed by atoms with Crippen LogP contribution >= 0.6 is 0 Å². The molecule has 0 bridgehead atoms. The highest BCUT2D eigenvalue weighted by Gasteiger charge is 2.11. The lowest BCUT2D eigenvalue weighted by Crippen LogP contribution is -3.00. The number of hydrogen-bond acceptors (Lipinski definition) is 2. The first-order valence-corrected chi connectivity index (χ1v) is 11.5. The number of aromatic nitrogens is 1. The number of nitrogens with zero attached hydrogens (tertiary/aromatic N) is 1. The molecule has 0 aliphatic carbocycles. The van der Waals surface area contributed by atoms with E-state index < -0.39 is 0 Å². The van der Waals surface area contributed by atoms with Gasteiger partial charge in [0.05, 0.1) is 0 Å². The number of halogens is 1. The topological polar surface area (TPSA) is 30.2 Å². The Morgan fingerprint density at radius 1 is 0.931 bits per heavy atom. The van der Waals surface area contributed by atoms with E-state index in [1.165, 1.54) is 83.5 Å². The molecule has 0 spiro atoms.